The normalized spacial score (nSPS) is 20.6. The molecule has 9 nitrogen and oxygen atoms in total. The second-order valence-corrected chi connectivity index (χ2v) is 9.29. The molecule has 0 spiro atoms. The number of hydrogen-bond donors (Lipinski definition) is 2. The number of rotatable bonds is 9. The lowest BCUT2D eigenvalue weighted by molar-refractivity contribution is -0.151. The molecule has 2 atom stereocenters. The number of benzene rings is 2. The number of fused-ring (bicyclic) bond motifs is 1. The lowest BCUT2D eigenvalue weighted by atomic mass is 9.77. The standard InChI is InChI=1S/C26H31N7O2/c1-3-4-5-10-16-33-22-14-9-8-13-21(22)27-24(33)26(25(34)35)20(15-17-32(26)2)18-11-6-7-12-19(18)23-28-30-31-29-23/h6-9,11-14,20H,3-5,10,15-17H2,1-2H3,(H,34,35)(H,28,29,30,31)/t20?,26-/m1/s1. The predicted molar refractivity (Wildman–Crippen MR) is 133 cm³/mol. The summed E-state index contributed by atoms with van der Waals surface area (Å²) in [6.45, 7) is 3.56. The number of likely N-dealkylation sites (tertiary alicyclic amines) is 1. The van der Waals surface area contributed by atoms with Crippen molar-refractivity contribution in [1.29, 1.82) is 0 Å². The molecule has 0 amide bonds. The maximum atomic E-state index is 13.4. The Kier molecular flexibility index (Phi) is 6.34. The zero-order valence-corrected chi connectivity index (χ0v) is 20.2. The summed E-state index contributed by atoms with van der Waals surface area (Å²) in [5, 5.41) is 25.6. The molecule has 3 heterocycles. The number of carboxylic acid groups (broad SMARTS) is 1. The van der Waals surface area contributed by atoms with Gasteiger partial charge in [0.05, 0.1) is 11.0 Å². The summed E-state index contributed by atoms with van der Waals surface area (Å²) >= 11 is 0. The number of H-pyrrole nitrogens is 1. The van der Waals surface area contributed by atoms with Crippen LogP contribution in [0.2, 0.25) is 0 Å². The average molecular weight is 474 g/mol. The van der Waals surface area contributed by atoms with Crippen molar-refractivity contribution in [3.05, 3.63) is 59.9 Å². The van der Waals surface area contributed by atoms with Crippen LogP contribution >= 0.6 is 0 Å². The van der Waals surface area contributed by atoms with Crippen LogP contribution in [0.4, 0.5) is 0 Å². The molecule has 2 aromatic heterocycles. The first-order valence-corrected chi connectivity index (χ1v) is 12.3. The van der Waals surface area contributed by atoms with E-state index < -0.39 is 11.5 Å². The van der Waals surface area contributed by atoms with E-state index >= 15 is 0 Å². The zero-order valence-electron chi connectivity index (χ0n) is 20.2. The number of aryl methyl sites for hydroxylation is 1. The molecule has 1 aliphatic heterocycles. The van der Waals surface area contributed by atoms with Gasteiger partial charge < -0.3 is 9.67 Å². The molecular formula is C26H31N7O2. The third-order valence-electron chi connectivity index (χ3n) is 7.34. The molecule has 1 aliphatic rings. The van der Waals surface area contributed by atoms with E-state index in [4.69, 9.17) is 4.98 Å². The number of carboxylic acids is 1. The number of unbranched alkanes of at least 4 members (excludes halogenated alkanes) is 3. The summed E-state index contributed by atoms with van der Waals surface area (Å²) < 4.78 is 2.14. The van der Waals surface area contributed by atoms with Crippen LogP contribution in [-0.4, -0.2) is 59.7 Å². The zero-order chi connectivity index (χ0) is 24.4. The molecule has 0 saturated carbocycles. The average Bonchev–Trinajstić information content (AvgIpc) is 3.60. The van der Waals surface area contributed by atoms with Gasteiger partial charge in [0.25, 0.3) is 0 Å². The fourth-order valence-electron chi connectivity index (χ4n) is 5.66. The Hall–Kier alpha value is -3.59. The summed E-state index contributed by atoms with van der Waals surface area (Å²) in [6.07, 6.45) is 5.06. The molecule has 4 aromatic rings. The molecule has 1 fully saturated rings. The van der Waals surface area contributed by atoms with Crippen molar-refractivity contribution in [2.45, 2.75) is 57.0 Å². The molecule has 2 aromatic carbocycles. The summed E-state index contributed by atoms with van der Waals surface area (Å²) in [7, 11) is 1.89. The summed E-state index contributed by atoms with van der Waals surface area (Å²) in [5.74, 6) is -0.181. The summed E-state index contributed by atoms with van der Waals surface area (Å²) in [6, 6.07) is 15.7. The topological polar surface area (TPSA) is 113 Å². The number of hydrogen-bond acceptors (Lipinski definition) is 6. The smallest absolute Gasteiger partial charge is 0.332 e. The Balaban J connectivity index is 1.70. The van der Waals surface area contributed by atoms with Gasteiger partial charge in [-0.25, -0.2) is 9.78 Å². The van der Waals surface area contributed by atoms with Gasteiger partial charge in [0, 0.05) is 24.6 Å². The molecule has 1 unspecified atom stereocenters. The first-order chi connectivity index (χ1) is 17.1. The fraction of sp³-hybridized carbons (Fsp3) is 0.423. The SMILES string of the molecule is CCCCCCn1c([C@@]2(C(=O)O)C(c3ccccc3-c3nn[nH]n3)CCN2C)nc2ccccc21. The number of nitrogens with zero attached hydrogens (tertiary/aromatic N) is 6. The first-order valence-electron chi connectivity index (χ1n) is 12.3. The van der Waals surface area contributed by atoms with Gasteiger partial charge in [-0.15, -0.1) is 10.2 Å². The van der Waals surface area contributed by atoms with Crippen LogP contribution < -0.4 is 0 Å². The summed E-state index contributed by atoms with van der Waals surface area (Å²) in [4.78, 5) is 20.3. The molecule has 0 bridgehead atoms. The molecule has 0 aliphatic carbocycles. The Morgan fingerprint density at radius 1 is 1.14 bits per heavy atom. The van der Waals surface area contributed by atoms with Gasteiger partial charge in [-0.3, -0.25) is 4.90 Å². The number of carbonyl (C=O) groups is 1. The van der Waals surface area contributed by atoms with E-state index in [1.54, 1.807) is 0 Å². The largest absolute Gasteiger partial charge is 0.480 e. The van der Waals surface area contributed by atoms with E-state index in [2.05, 4.69) is 32.1 Å². The number of likely N-dealkylation sites (N-methyl/N-ethyl adjacent to an activating group) is 1. The minimum Gasteiger partial charge on any atom is -0.480 e. The number of imidazole rings is 1. The fourth-order valence-corrected chi connectivity index (χ4v) is 5.66. The molecular weight excluding hydrogens is 442 g/mol. The summed E-state index contributed by atoms with van der Waals surface area (Å²) in [5.41, 5.74) is 2.15. The van der Waals surface area contributed by atoms with Crippen LogP contribution in [0.25, 0.3) is 22.4 Å². The van der Waals surface area contributed by atoms with Crippen LogP contribution in [0.1, 0.15) is 56.3 Å². The van der Waals surface area contributed by atoms with Gasteiger partial charge in [-0.1, -0.05) is 62.6 Å². The van der Waals surface area contributed by atoms with E-state index in [0.717, 1.165) is 54.4 Å². The molecule has 9 heteroatoms. The number of aliphatic carboxylic acids is 1. The molecule has 182 valence electrons. The van der Waals surface area contributed by atoms with Crippen molar-refractivity contribution < 1.29 is 9.90 Å². The van der Waals surface area contributed by atoms with E-state index in [1.807, 2.05) is 60.5 Å². The maximum Gasteiger partial charge on any atom is 0.332 e. The number of aromatic amines is 1. The van der Waals surface area contributed by atoms with Crippen LogP contribution in [-0.2, 0) is 16.9 Å². The monoisotopic (exact) mass is 473 g/mol. The number of aromatic nitrogens is 6. The quantitative estimate of drug-likeness (QED) is 0.350. The highest BCUT2D eigenvalue weighted by Gasteiger charge is 2.58. The van der Waals surface area contributed by atoms with Gasteiger partial charge in [0.2, 0.25) is 5.82 Å². The van der Waals surface area contributed by atoms with Gasteiger partial charge >= 0.3 is 5.97 Å². The second kappa shape index (κ2) is 9.58. The van der Waals surface area contributed by atoms with Crippen LogP contribution in [0.15, 0.2) is 48.5 Å². The molecule has 0 radical (unpaired) electrons. The Bertz CT molecular complexity index is 1320. The van der Waals surface area contributed by atoms with Crippen LogP contribution in [0.5, 0.6) is 0 Å². The molecule has 35 heavy (non-hydrogen) atoms. The number of nitrogens with one attached hydrogen (secondary N) is 1. The minimum atomic E-state index is -1.33. The van der Waals surface area contributed by atoms with Gasteiger partial charge in [-0.05, 0) is 42.8 Å². The van der Waals surface area contributed by atoms with Gasteiger partial charge in [-0.2, -0.15) is 5.21 Å². The van der Waals surface area contributed by atoms with Crippen molar-refractivity contribution >= 4 is 17.0 Å². The van der Waals surface area contributed by atoms with E-state index in [-0.39, 0.29) is 5.92 Å². The minimum absolute atomic E-state index is 0.342. The number of tetrazole rings is 1. The Morgan fingerprint density at radius 3 is 2.71 bits per heavy atom. The van der Waals surface area contributed by atoms with Crippen LogP contribution in [0, 0.1) is 0 Å². The van der Waals surface area contributed by atoms with Crippen LogP contribution in [0.3, 0.4) is 0 Å². The number of para-hydroxylation sites is 2. The maximum absolute atomic E-state index is 13.4. The lowest BCUT2D eigenvalue weighted by Crippen LogP contribution is -2.51. The third-order valence-corrected chi connectivity index (χ3v) is 7.34. The van der Waals surface area contributed by atoms with Gasteiger partial charge in [0.1, 0.15) is 5.82 Å². The van der Waals surface area contributed by atoms with Crippen molar-refractivity contribution in [2.24, 2.45) is 0 Å². The third kappa shape index (κ3) is 3.80. The predicted octanol–water partition coefficient (Wildman–Crippen LogP) is 4.20. The highest BCUT2D eigenvalue weighted by Crippen LogP contribution is 2.50. The first kappa shape index (κ1) is 23.2. The lowest BCUT2D eigenvalue weighted by Gasteiger charge is -2.37. The van der Waals surface area contributed by atoms with Crippen molar-refractivity contribution in [3.8, 4) is 11.4 Å². The molecule has 1 saturated heterocycles. The second-order valence-electron chi connectivity index (χ2n) is 9.29. The van der Waals surface area contributed by atoms with Gasteiger partial charge in [0.15, 0.2) is 5.54 Å². The van der Waals surface area contributed by atoms with Crippen molar-refractivity contribution in [3.63, 3.8) is 0 Å². The van der Waals surface area contributed by atoms with Crippen molar-refractivity contribution in [1.82, 2.24) is 35.1 Å². The Labute approximate surface area is 204 Å². The molecule has 2 N–H and O–H groups in total. The van der Waals surface area contributed by atoms with E-state index in [1.165, 1.54) is 0 Å². The van der Waals surface area contributed by atoms with Crippen molar-refractivity contribution in [2.75, 3.05) is 13.6 Å². The van der Waals surface area contributed by atoms with E-state index in [9.17, 15) is 9.90 Å². The Morgan fingerprint density at radius 2 is 1.94 bits per heavy atom. The van der Waals surface area contributed by atoms with E-state index in [0.29, 0.717) is 24.6 Å². The highest BCUT2D eigenvalue weighted by atomic mass is 16.4. The highest BCUT2D eigenvalue weighted by molar-refractivity contribution is 5.85. The molecule has 5 rings (SSSR count).